The van der Waals surface area contributed by atoms with Crippen LogP contribution in [-0.2, 0) is 0 Å². The highest BCUT2D eigenvalue weighted by molar-refractivity contribution is 5.52. The van der Waals surface area contributed by atoms with Crippen LogP contribution in [0.2, 0.25) is 0 Å². The molecule has 2 aromatic carbocycles. The van der Waals surface area contributed by atoms with Crippen molar-refractivity contribution in [3.05, 3.63) is 79.9 Å². The molecule has 0 spiro atoms. The van der Waals surface area contributed by atoms with Gasteiger partial charge in [0.05, 0.1) is 16.5 Å². The molecule has 1 N–H and O–H groups in total. The molecular weight excluding hydrogens is 276 g/mol. The second-order valence-electron chi connectivity index (χ2n) is 4.37. The minimum absolute atomic E-state index is 0.172. The Balaban J connectivity index is 2.61. The highest BCUT2D eigenvalue weighted by Crippen LogP contribution is 2.35. The molecule has 2 rings (SSSR count). The van der Waals surface area contributed by atoms with Crippen molar-refractivity contribution in [2.75, 3.05) is 6.61 Å². The van der Waals surface area contributed by atoms with Gasteiger partial charge in [0.25, 0.3) is 11.4 Å². The van der Waals surface area contributed by atoms with E-state index in [1.807, 2.05) is 0 Å². The topological polar surface area (TPSA) is 107 Å². The van der Waals surface area contributed by atoms with Crippen molar-refractivity contribution < 1.29 is 15.0 Å². The maximum atomic E-state index is 11.1. The Morgan fingerprint density at radius 3 is 1.57 bits per heavy atom. The van der Waals surface area contributed by atoms with E-state index in [4.69, 9.17) is 0 Å². The van der Waals surface area contributed by atoms with Gasteiger partial charge >= 0.3 is 0 Å². The fraction of sp³-hybridized carbons (Fsp3) is 0.143. The van der Waals surface area contributed by atoms with Crippen LogP contribution in [-0.4, -0.2) is 21.6 Å². The van der Waals surface area contributed by atoms with Gasteiger partial charge in [0, 0.05) is 29.2 Å². The lowest BCUT2D eigenvalue weighted by Crippen LogP contribution is -2.10. The molecule has 7 heteroatoms. The summed E-state index contributed by atoms with van der Waals surface area (Å²) < 4.78 is 0. The van der Waals surface area contributed by atoms with Gasteiger partial charge in [-0.25, -0.2) is 0 Å². The first-order valence-electron chi connectivity index (χ1n) is 6.13. The van der Waals surface area contributed by atoms with E-state index in [2.05, 4.69) is 0 Å². The second kappa shape index (κ2) is 6.10. The average molecular weight is 288 g/mol. The van der Waals surface area contributed by atoms with Crippen LogP contribution in [0.3, 0.4) is 0 Å². The number of hydrogen-bond donors (Lipinski definition) is 1. The van der Waals surface area contributed by atoms with E-state index in [0.29, 0.717) is 0 Å². The first kappa shape index (κ1) is 14.6. The molecule has 108 valence electrons. The maximum Gasteiger partial charge on any atom is 0.273 e. The number of para-hydroxylation sites is 2. The lowest BCUT2D eigenvalue weighted by atomic mass is 9.90. The van der Waals surface area contributed by atoms with Gasteiger partial charge in [0.15, 0.2) is 0 Å². The van der Waals surface area contributed by atoms with Crippen LogP contribution in [0, 0.1) is 20.2 Å². The van der Waals surface area contributed by atoms with Crippen LogP contribution in [0.25, 0.3) is 0 Å². The Labute approximate surface area is 119 Å². The van der Waals surface area contributed by atoms with E-state index in [-0.39, 0.29) is 22.5 Å². The monoisotopic (exact) mass is 288 g/mol. The van der Waals surface area contributed by atoms with E-state index >= 15 is 0 Å². The minimum Gasteiger partial charge on any atom is -0.395 e. The van der Waals surface area contributed by atoms with Crippen LogP contribution in [0.4, 0.5) is 11.4 Å². The molecule has 2 aromatic rings. The summed E-state index contributed by atoms with van der Waals surface area (Å²) in [6, 6.07) is 11.8. The lowest BCUT2D eigenvalue weighted by Gasteiger charge is -2.15. The quantitative estimate of drug-likeness (QED) is 0.672. The second-order valence-corrected chi connectivity index (χ2v) is 4.37. The number of benzene rings is 2. The number of nitro benzene ring substituents is 2. The zero-order chi connectivity index (χ0) is 15.4. The van der Waals surface area contributed by atoms with Crippen molar-refractivity contribution in [1.29, 1.82) is 0 Å². The molecular formula is C14H12N2O5. The fourth-order valence-corrected chi connectivity index (χ4v) is 2.26. The Bertz CT molecular complexity index is 629. The third-order valence-corrected chi connectivity index (χ3v) is 3.20. The molecule has 0 aliphatic carbocycles. The number of aliphatic hydroxyl groups excluding tert-OH is 1. The van der Waals surface area contributed by atoms with Crippen molar-refractivity contribution in [1.82, 2.24) is 0 Å². The normalized spacial score (nSPS) is 10.6. The standard InChI is InChI=1S/C14H12N2O5/c17-9-12(10-5-1-3-7-13(10)15(18)19)11-6-2-4-8-14(11)16(20)21/h1-8,12,17H,9H2. The smallest absolute Gasteiger partial charge is 0.273 e. The average Bonchev–Trinajstić information content (AvgIpc) is 2.48. The van der Waals surface area contributed by atoms with Gasteiger partial charge in [0.2, 0.25) is 0 Å². The van der Waals surface area contributed by atoms with Crippen LogP contribution in [0.5, 0.6) is 0 Å². The Kier molecular flexibility index (Phi) is 4.24. The summed E-state index contributed by atoms with van der Waals surface area (Å²) >= 11 is 0. The van der Waals surface area contributed by atoms with Gasteiger partial charge in [-0.2, -0.15) is 0 Å². The van der Waals surface area contributed by atoms with E-state index in [9.17, 15) is 25.3 Å². The number of hydrogen-bond acceptors (Lipinski definition) is 5. The molecule has 0 aromatic heterocycles. The van der Waals surface area contributed by atoms with Gasteiger partial charge in [-0.05, 0) is 0 Å². The molecule has 0 bridgehead atoms. The molecule has 0 atom stereocenters. The van der Waals surface area contributed by atoms with Crippen LogP contribution < -0.4 is 0 Å². The number of rotatable bonds is 5. The molecule has 0 heterocycles. The minimum atomic E-state index is -0.826. The summed E-state index contributed by atoms with van der Waals surface area (Å²) in [7, 11) is 0. The molecule has 0 amide bonds. The Hall–Kier alpha value is -2.80. The van der Waals surface area contributed by atoms with Crippen molar-refractivity contribution in [2.45, 2.75) is 5.92 Å². The van der Waals surface area contributed by atoms with Crippen LogP contribution in [0.1, 0.15) is 17.0 Å². The maximum absolute atomic E-state index is 11.1. The van der Waals surface area contributed by atoms with Gasteiger partial charge in [0.1, 0.15) is 0 Å². The highest BCUT2D eigenvalue weighted by Gasteiger charge is 2.27. The summed E-state index contributed by atoms with van der Waals surface area (Å²) in [5.74, 6) is -0.826. The third kappa shape index (κ3) is 2.87. The largest absolute Gasteiger partial charge is 0.395 e. The highest BCUT2D eigenvalue weighted by atomic mass is 16.6. The van der Waals surface area contributed by atoms with Crippen LogP contribution in [0.15, 0.2) is 48.5 Å². The Morgan fingerprint density at radius 1 is 0.857 bits per heavy atom. The van der Waals surface area contributed by atoms with Crippen molar-refractivity contribution in [2.24, 2.45) is 0 Å². The fourth-order valence-electron chi connectivity index (χ4n) is 2.26. The molecule has 0 saturated carbocycles. The summed E-state index contributed by atoms with van der Waals surface area (Å²) in [6.07, 6.45) is 0. The molecule has 0 fully saturated rings. The van der Waals surface area contributed by atoms with Gasteiger partial charge in [-0.3, -0.25) is 20.2 Å². The first-order valence-corrected chi connectivity index (χ1v) is 6.13. The Morgan fingerprint density at radius 2 is 1.24 bits per heavy atom. The van der Waals surface area contributed by atoms with Gasteiger partial charge < -0.3 is 5.11 Å². The van der Waals surface area contributed by atoms with E-state index in [0.717, 1.165) is 0 Å². The number of nitrogens with zero attached hydrogens (tertiary/aromatic N) is 2. The molecule has 0 radical (unpaired) electrons. The summed E-state index contributed by atoms with van der Waals surface area (Å²) in [5, 5.41) is 31.8. The molecule has 0 aliphatic rings. The molecule has 0 saturated heterocycles. The van der Waals surface area contributed by atoms with E-state index in [1.165, 1.54) is 36.4 Å². The molecule has 21 heavy (non-hydrogen) atoms. The number of nitro groups is 2. The zero-order valence-corrected chi connectivity index (χ0v) is 10.9. The van der Waals surface area contributed by atoms with Crippen molar-refractivity contribution in [3.8, 4) is 0 Å². The summed E-state index contributed by atoms with van der Waals surface area (Å²) in [5.41, 5.74) is 0.156. The molecule has 0 unspecified atom stereocenters. The van der Waals surface area contributed by atoms with Gasteiger partial charge in [-0.15, -0.1) is 0 Å². The number of aliphatic hydroxyl groups is 1. The first-order chi connectivity index (χ1) is 10.1. The third-order valence-electron chi connectivity index (χ3n) is 3.20. The lowest BCUT2D eigenvalue weighted by molar-refractivity contribution is -0.386. The zero-order valence-electron chi connectivity index (χ0n) is 10.9. The molecule has 0 aliphatic heterocycles. The predicted octanol–water partition coefficient (Wildman–Crippen LogP) is 2.63. The van der Waals surface area contributed by atoms with Crippen LogP contribution >= 0.6 is 0 Å². The predicted molar refractivity (Wildman–Crippen MR) is 75.1 cm³/mol. The SMILES string of the molecule is O=[N+]([O-])c1ccccc1C(CO)c1ccccc1[N+](=O)[O-]. The molecule has 7 nitrogen and oxygen atoms in total. The van der Waals surface area contributed by atoms with Gasteiger partial charge in [-0.1, -0.05) is 36.4 Å². The van der Waals surface area contributed by atoms with E-state index < -0.39 is 22.4 Å². The van der Waals surface area contributed by atoms with Crippen molar-refractivity contribution >= 4 is 11.4 Å². The van der Waals surface area contributed by atoms with Crippen molar-refractivity contribution in [3.63, 3.8) is 0 Å². The van der Waals surface area contributed by atoms with E-state index in [1.54, 1.807) is 12.1 Å². The summed E-state index contributed by atoms with van der Waals surface area (Å²) in [4.78, 5) is 21.0. The summed E-state index contributed by atoms with van der Waals surface area (Å²) in [6.45, 7) is -0.463.